The Hall–Kier alpha value is -2.08. The number of hydrogen-bond acceptors (Lipinski definition) is 0. The van der Waals surface area contributed by atoms with Crippen LogP contribution in [0.5, 0.6) is 0 Å². The minimum Gasteiger partial charge on any atom is -0.0761 e. The highest BCUT2D eigenvalue weighted by Gasteiger charge is 2.37. The van der Waals surface area contributed by atoms with Gasteiger partial charge in [-0.3, -0.25) is 0 Å². The maximum absolute atomic E-state index is 2.46. The van der Waals surface area contributed by atoms with Gasteiger partial charge in [0.15, 0.2) is 0 Å². The molecule has 0 saturated heterocycles. The van der Waals surface area contributed by atoms with E-state index in [1.807, 2.05) is 0 Å². The first-order valence-electron chi connectivity index (χ1n) is 8.44. The summed E-state index contributed by atoms with van der Waals surface area (Å²) in [6.45, 7) is 9.23. The average molecular weight is 302 g/mol. The Balaban J connectivity index is 2.12. The highest BCUT2D eigenvalue weighted by Crippen LogP contribution is 2.45. The van der Waals surface area contributed by atoms with E-state index in [2.05, 4.69) is 107 Å². The van der Waals surface area contributed by atoms with Gasteiger partial charge in [-0.2, -0.15) is 0 Å². The fraction of sp³-hybridized carbons (Fsp3) is 0.304. The summed E-state index contributed by atoms with van der Waals surface area (Å²) < 4.78 is 0. The third-order valence-corrected chi connectivity index (χ3v) is 5.12. The quantitative estimate of drug-likeness (QED) is 0.637. The predicted molar refractivity (Wildman–Crippen MR) is 99.5 cm³/mol. The van der Waals surface area contributed by atoms with Gasteiger partial charge in [0.05, 0.1) is 0 Å². The van der Waals surface area contributed by atoms with E-state index in [0.29, 0.717) is 5.92 Å². The highest BCUT2D eigenvalue weighted by molar-refractivity contribution is 5.46. The van der Waals surface area contributed by atoms with Gasteiger partial charge in [0.1, 0.15) is 0 Å². The molecule has 2 aromatic carbocycles. The molecule has 0 aliphatic heterocycles. The zero-order valence-corrected chi connectivity index (χ0v) is 14.6. The van der Waals surface area contributed by atoms with Crippen LogP contribution in [0, 0.1) is 11.3 Å². The van der Waals surface area contributed by atoms with Crippen molar-refractivity contribution in [3.63, 3.8) is 0 Å². The molecule has 0 spiro atoms. The fourth-order valence-corrected chi connectivity index (χ4v) is 3.49. The van der Waals surface area contributed by atoms with Gasteiger partial charge in [-0.25, -0.2) is 0 Å². The van der Waals surface area contributed by atoms with E-state index in [0.717, 1.165) is 0 Å². The molecular formula is C23H26. The molecule has 0 fully saturated rings. The molecule has 0 nitrogen and oxygen atoms in total. The van der Waals surface area contributed by atoms with Gasteiger partial charge in [0.25, 0.3) is 0 Å². The van der Waals surface area contributed by atoms with Crippen molar-refractivity contribution in [2.24, 2.45) is 11.3 Å². The predicted octanol–water partition coefficient (Wildman–Crippen LogP) is 6.15. The van der Waals surface area contributed by atoms with Crippen LogP contribution < -0.4 is 0 Å². The first-order chi connectivity index (χ1) is 10.9. The molecule has 0 N–H and O–H groups in total. The number of benzene rings is 2. The van der Waals surface area contributed by atoms with Gasteiger partial charge in [0.2, 0.25) is 0 Å². The first-order valence-corrected chi connectivity index (χ1v) is 8.44. The normalized spacial score (nSPS) is 18.1. The van der Waals surface area contributed by atoms with E-state index in [1.54, 1.807) is 0 Å². The summed E-state index contributed by atoms with van der Waals surface area (Å²) in [6, 6.07) is 21.8. The highest BCUT2D eigenvalue weighted by atomic mass is 14.4. The third kappa shape index (κ3) is 2.91. The van der Waals surface area contributed by atoms with Crippen LogP contribution in [0.1, 0.15) is 38.8 Å². The number of hydrogen-bond donors (Lipinski definition) is 0. The Morgan fingerprint density at radius 2 is 1.17 bits per heavy atom. The lowest BCUT2D eigenvalue weighted by molar-refractivity contribution is 0.476. The molecule has 0 saturated carbocycles. The second-order valence-corrected chi connectivity index (χ2v) is 7.69. The van der Waals surface area contributed by atoms with Crippen molar-refractivity contribution >= 4 is 0 Å². The first kappa shape index (κ1) is 15.8. The van der Waals surface area contributed by atoms with Crippen LogP contribution >= 0.6 is 0 Å². The molecule has 0 radical (unpaired) electrons. The van der Waals surface area contributed by atoms with Gasteiger partial charge >= 0.3 is 0 Å². The fourth-order valence-electron chi connectivity index (χ4n) is 3.49. The molecule has 3 rings (SSSR count). The maximum atomic E-state index is 2.46. The van der Waals surface area contributed by atoms with Crippen molar-refractivity contribution in [1.29, 1.82) is 0 Å². The van der Waals surface area contributed by atoms with Crippen LogP contribution in [-0.2, 0) is 5.41 Å². The lowest BCUT2D eigenvalue weighted by Gasteiger charge is -2.35. The Labute approximate surface area is 140 Å². The molecule has 1 unspecified atom stereocenters. The van der Waals surface area contributed by atoms with Crippen molar-refractivity contribution in [1.82, 2.24) is 0 Å². The number of rotatable bonds is 3. The average Bonchev–Trinajstić information content (AvgIpc) is 3.06. The Morgan fingerprint density at radius 1 is 0.696 bits per heavy atom. The Kier molecular flexibility index (Phi) is 4.02. The molecule has 23 heavy (non-hydrogen) atoms. The summed E-state index contributed by atoms with van der Waals surface area (Å²) in [5, 5.41) is 0. The van der Waals surface area contributed by atoms with E-state index >= 15 is 0 Å². The second kappa shape index (κ2) is 5.85. The van der Waals surface area contributed by atoms with Crippen LogP contribution in [-0.4, -0.2) is 0 Å². The van der Waals surface area contributed by atoms with Crippen LogP contribution in [0.15, 0.2) is 84.5 Å². The molecule has 0 bridgehead atoms. The molecule has 0 aromatic heterocycles. The van der Waals surface area contributed by atoms with E-state index in [-0.39, 0.29) is 10.8 Å². The van der Waals surface area contributed by atoms with Gasteiger partial charge < -0.3 is 0 Å². The van der Waals surface area contributed by atoms with Gasteiger partial charge in [0, 0.05) is 11.3 Å². The van der Waals surface area contributed by atoms with Crippen molar-refractivity contribution in [2.75, 3.05) is 0 Å². The Morgan fingerprint density at radius 3 is 1.57 bits per heavy atom. The standard InChI is InChI=1S/C23H26/c1-22(2,3)20-15-16-21(17-20)23(4,18-11-7-5-8-12-18)19-13-9-6-10-14-19/h5-17,21H,1-4H3. The molecule has 1 aliphatic carbocycles. The van der Waals surface area contributed by atoms with Crippen LogP contribution in [0.25, 0.3) is 0 Å². The van der Waals surface area contributed by atoms with Crippen molar-refractivity contribution in [3.8, 4) is 0 Å². The maximum Gasteiger partial charge on any atom is 0.0272 e. The SMILES string of the molecule is CC(C)(C)C1=CC(C(C)(c2ccccc2)c2ccccc2)C=C1. The zero-order chi connectivity index (χ0) is 16.5. The van der Waals surface area contributed by atoms with E-state index in [1.165, 1.54) is 16.7 Å². The van der Waals surface area contributed by atoms with Gasteiger partial charge in [-0.15, -0.1) is 0 Å². The van der Waals surface area contributed by atoms with Gasteiger partial charge in [-0.1, -0.05) is 107 Å². The van der Waals surface area contributed by atoms with Crippen LogP contribution in [0.3, 0.4) is 0 Å². The van der Waals surface area contributed by atoms with E-state index in [9.17, 15) is 0 Å². The van der Waals surface area contributed by atoms with E-state index in [4.69, 9.17) is 0 Å². The van der Waals surface area contributed by atoms with Crippen LogP contribution in [0.4, 0.5) is 0 Å². The largest absolute Gasteiger partial charge is 0.0761 e. The minimum atomic E-state index is -0.0496. The molecule has 0 amide bonds. The third-order valence-electron chi connectivity index (χ3n) is 5.12. The Bertz CT molecular complexity index is 672. The summed E-state index contributed by atoms with van der Waals surface area (Å²) in [6.07, 6.45) is 7.15. The molecule has 0 heteroatoms. The molecule has 2 aromatic rings. The second-order valence-electron chi connectivity index (χ2n) is 7.69. The lowest BCUT2D eigenvalue weighted by atomic mass is 9.67. The molecule has 1 atom stereocenters. The van der Waals surface area contributed by atoms with Crippen LogP contribution in [0.2, 0.25) is 0 Å². The summed E-state index contributed by atoms with van der Waals surface area (Å²) in [5.41, 5.74) is 4.31. The molecule has 1 aliphatic rings. The zero-order valence-electron chi connectivity index (χ0n) is 14.6. The molecular weight excluding hydrogens is 276 g/mol. The number of allylic oxidation sites excluding steroid dienone is 4. The van der Waals surface area contributed by atoms with Crippen molar-refractivity contribution in [3.05, 3.63) is 95.6 Å². The van der Waals surface area contributed by atoms with Crippen molar-refractivity contribution in [2.45, 2.75) is 33.1 Å². The monoisotopic (exact) mass is 302 g/mol. The lowest BCUT2D eigenvalue weighted by Crippen LogP contribution is -2.31. The van der Waals surface area contributed by atoms with E-state index < -0.39 is 0 Å². The van der Waals surface area contributed by atoms with Gasteiger partial charge in [-0.05, 0) is 22.1 Å². The molecule has 0 heterocycles. The topological polar surface area (TPSA) is 0 Å². The smallest absolute Gasteiger partial charge is 0.0272 e. The minimum absolute atomic E-state index is 0.0496. The summed E-state index contributed by atoms with van der Waals surface area (Å²) in [7, 11) is 0. The summed E-state index contributed by atoms with van der Waals surface area (Å²) in [4.78, 5) is 0. The summed E-state index contributed by atoms with van der Waals surface area (Å²) in [5.74, 6) is 0.376. The van der Waals surface area contributed by atoms with Crippen molar-refractivity contribution < 1.29 is 0 Å². The summed E-state index contributed by atoms with van der Waals surface area (Å²) >= 11 is 0. The molecule has 118 valence electrons.